The topological polar surface area (TPSA) is 136 Å². The highest BCUT2D eigenvalue weighted by Crippen LogP contribution is 2.37. The van der Waals surface area contributed by atoms with Gasteiger partial charge in [-0.25, -0.2) is 0 Å². The highest BCUT2D eigenvalue weighted by Gasteiger charge is 2.33. The second kappa shape index (κ2) is 8.68. The molecule has 1 aliphatic heterocycles. The first-order valence-electron chi connectivity index (χ1n) is 9.42. The van der Waals surface area contributed by atoms with Crippen molar-refractivity contribution in [2.24, 2.45) is 0 Å². The number of nitro groups is 2. The van der Waals surface area contributed by atoms with Crippen LogP contribution in [0.2, 0.25) is 0 Å². The molecule has 1 N–H and O–H groups in total. The average molecular weight is 412 g/mol. The lowest BCUT2D eigenvalue weighted by Crippen LogP contribution is -2.42. The zero-order valence-electron chi connectivity index (χ0n) is 16.2. The summed E-state index contributed by atoms with van der Waals surface area (Å²) in [5.74, 6) is -0.710. The predicted molar refractivity (Wildman–Crippen MR) is 108 cm³/mol. The van der Waals surface area contributed by atoms with Crippen molar-refractivity contribution in [2.45, 2.75) is 32.2 Å². The lowest BCUT2D eigenvalue weighted by atomic mass is 9.94. The van der Waals surface area contributed by atoms with Crippen LogP contribution in [0.15, 0.2) is 42.5 Å². The van der Waals surface area contributed by atoms with Crippen LogP contribution in [0.4, 0.5) is 17.1 Å². The number of nitrogens with zero attached hydrogens (tertiary/aromatic N) is 3. The molecule has 0 bridgehead atoms. The molecule has 2 aromatic rings. The number of nitrogens with one attached hydrogen (secondary N) is 1. The van der Waals surface area contributed by atoms with Crippen molar-refractivity contribution < 1.29 is 19.4 Å². The third kappa shape index (κ3) is 4.27. The summed E-state index contributed by atoms with van der Waals surface area (Å²) in [6.07, 6.45) is 0.415. The molecule has 0 saturated heterocycles. The zero-order chi connectivity index (χ0) is 21.8. The highest BCUT2D eigenvalue weighted by atomic mass is 16.6. The quantitative estimate of drug-likeness (QED) is 0.548. The third-order valence-corrected chi connectivity index (χ3v) is 4.89. The molecule has 10 nitrogen and oxygen atoms in total. The van der Waals surface area contributed by atoms with Gasteiger partial charge in [0.2, 0.25) is 11.8 Å². The van der Waals surface area contributed by atoms with Crippen LogP contribution >= 0.6 is 0 Å². The Morgan fingerprint density at radius 3 is 2.57 bits per heavy atom. The fourth-order valence-electron chi connectivity index (χ4n) is 3.56. The Hall–Kier alpha value is -3.82. The van der Waals surface area contributed by atoms with Crippen molar-refractivity contribution in [2.75, 3.05) is 11.4 Å². The summed E-state index contributed by atoms with van der Waals surface area (Å²) in [5.41, 5.74) is 0.937. The second-order valence-corrected chi connectivity index (χ2v) is 6.93. The van der Waals surface area contributed by atoms with Crippen LogP contribution in [-0.2, 0) is 16.0 Å². The standard InChI is InChI=1S/C20H20N4O6/c1-2-9-22-18-8-7-14(23(27)28)11-15(18)16(12-20(22)26)21-19(25)10-13-5-3-4-6-17(13)24(29)30/h3-8,11,16H,2,9-10,12H2,1H3,(H,21,25). The molecule has 0 aromatic heterocycles. The Bertz CT molecular complexity index is 1020. The Labute approximate surface area is 171 Å². The van der Waals surface area contributed by atoms with Gasteiger partial charge in [-0.1, -0.05) is 25.1 Å². The summed E-state index contributed by atoms with van der Waals surface area (Å²) in [6.45, 7) is 2.37. The molecule has 10 heteroatoms. The van der Waals surface area contributed by atoms with Gasteiger partial charge in [-0.3, -0.25) is 29.8 Å². The van der Waals surface area contributed by atoms with Crippen LogP contribution in [0.5, 0.6) is 0 Å². The first-order valence-corrected chi connectivity index (χ1v) is 9.42. The first-order chi connectivity index (χ1) is 14.3. The summed E-state index contributed by atoms with van der Waals surface area (Å²) in [6, 6.07) is 9.36. The number of non-ortho nitro benzene ring substituents is 1. The Morgan fingerprint density at radius 2 is 1.90 bits per heavy atom. The van der Waals surface area contributed by atoms with E-state index in [4.69, 9.17) is 0 Å². The molecule has 0 saturated carbocycles. The van der Waals surface area contributed by atoms with E-state index in [9.17, 15) is 29.8 Å². The zero-order valence-corrected chi connectivity index (χ0v) is 16.2. The van der Waals surface area contributed by atoms with Crippen molar-refractivity contribution in [3.8, 4) is 0 Å². The maximum Gasteiger partial charge on any atom is 0.273 e. The first kappa shape index (κ1) is 20.9. The molecule has 0 aliphatic carbocycles. The van der Waals surface area contributed by atoms with Crippen LogP contribution in [0, 0.1) is 20.2 Å². The van der Waals surface area contributed by atoms with Crippen LogP contribution in [0.1, 0.15) is 36.9 Å². The number of nitro benzene ring substituents is 2. The number of fused-ring (bicyclic) bond motifs is 1. The number of amides is 2. The molecule has 1 aliphatic rings. The van der Waals surface area contributed by atoms with E-state index in [1.54, 1.807) is 11.0 Å². The van der Waals surface area contributed by atoms with Crippen LogP contribution in [0.3, 0.4) is 0 Å². The minimum Gasteiger partial charge on any atom is -0.348 e. The average Bonchev–Trinajstić information content (AvgIpc) is 2.70. The van der Waals surface area contributed by atoms with E-state index in [0.29, 0.717) is 24.2 Å². The smallest absolute Gasteiger partial charge is 0.273 e. The number of hydrogen-bond acceptors (Lipinski definition) is 6. The van der Waals surface area contributed by atoms with Crippen molar-refractivity contribution in [3.63, 3.8) is 0 Å². The van der Waals surface area contributed by atoms with Gasteiger partial charge < -0.3 is 10.2 Å². The van der Waals surface area contributed by atoms with Gasteiger partial charge >= 0.3 is 0 Å². The van der Waals surface area contributed by atoms with Gasteiger partial charge in [0.15, 0.2) is 0 Å². The Kier molecular flexibility index (Phi) is 6.05. The molecule has 3 rings (SSSR count). The summed E-state index contributed by atoms with van der Waals surface area (Å²) in [4.78, 5) is 48.0. The van der Waals surface area contributed by atoms with E-state index in [2.05, 4.69) is 5.32 Å². The minimum atomic E-state index is -0.754. The van der Waals surface area contributed by atoms with Gasteiger partial charge in [0.25, 0.3) is 11.4 Å². The molecule has 1 heterocycles. The van der Waals surface area contributed by atoms with Crippen LogP contribution < -0.4 is 10.2 Å². The molecular formula is C20H20N4O6. The number of carbonyl (C=O) groups excluding carboxylic acids is 2. The highest BCUT2D eigenvalue weighted by molar-refractivity contribution is 5.98. The number of benzene rings is 2. The molecule has 1 unspecified atom stereocenters. The van der Waals surface area contributed by atoms with Crippen molar-refractivity contribution in [1.29, 1.82) is 0 Å². The Balaban J connectivity index is 1.89. The number of hydrogen-bond donors (Lipinski definition) is 1. The van der Waals surface area contributed by atoms with Crippen molar-refractivity contribution in [1.82, 2.24) is 5.32 Å². The van der Waals surface area contributed by atoms with Crippen molar-refractivity contribution >= 4 is 28.9 Å². The molecule has 2 aromatic carbocycles. The minimum absolute atomic E-state index is 0.0449. The van der Waals surface area contributed by atoms with E-state index in [0.717, 1.165) is 0 Å². The molecule has 30 heavy (non-hydrogen) atoms. The predicted octanol–water partition coefficient (Wildman–Crippen LogP) is 3.05. The summed E-state index contributed by atoms with van der Waals surface area (Å²) in [5, 5.41) is 25.1. The monoisotopic (exact) mass is 412 g/mol. The fraction of sp³-hybridized carbons (Fsp3) is 0.300. The molecule has 0 radical (unpaired) electrons. The summed E-state index contributed by atoms with van der Waals surface area (Å²) in [7, 11) is 0. The van der Waals surface area contributed by atoms with E-state index in [-0.39, 0.29) is 35.7 Å². The molecule has 0 spiro atoms. The largest absolute Gasteiger partial charge is 0.348 e. The Morgan fingerprint density at radius 1 is 1.17 bits per heavy atom. The number of anilines is 1. The SMILES string of the molecule is CCCN1C(=O)CC(NC(=O)Cc2ccccc2[N+](=O)[O-])c2cc([N+](=O)[O-])ccc21. The molecule has 0 fully saturated rings. The molecule has 156 valence electrons. The van der Waals surface area contributed by atoms with E-state index in [1.807, 2.05) is 6.92 Å². The lowest BCUT2D eigenvalue weighted by molar-refractivity contribution is -0.385. The van der Waals surface area contributed by atoms with Crippen LogP contribution in [0.25, 0.3) is 0 Å². The third-order valence-electron chi connectivity index (χ3n) is 4.89. The maximum atomic E-state index is 12.6. The maximum absolute atomic E-state index is 12.6. The van der Waals surface area contributed by atoms with Gasteiger partial charge in [-0.2, -0.15) is 0 Å². The number of carbonyl (C=O) groups is 2. The van der Waals surface area contributed by atoms with E-state index >= 15 is 0 Å². The molecule has 1 atom stereocenters. The summed E-state index contributed by atoms with van der Waals surface area (Å²) < 4.78 is 0. The van der Waals surface area contributed by atoms with Gasteiger partial charge in [0.05, 0.1) is 28.7 Å². The molecular weight excluding hydrogens is 392 g/mol. The van der Waals surface area contributed by atoms with Gasteiger partial charge in [0.1, 0.15) is 0 Å². The number of para-hydroxylation sites is 1. The van der Waals surface area contributed by atoms with E-state index < -0.39 is 21.8 Å². The second-order valence-electron chi connectivity index (χ2n) is 6.93. The molecule has 2 amide bonds. The summed E-state index contributed by atoms with van der Waals surface area (Å²) >= 11 is 0. The van der Waals surface area contributed by atoms with Gasteiger partial charge in [0, 0.05) is 41.6 Å². The lowest BCUT2D eigenvalue weighted by Gasteiger charge is -2.34. The van der Waals surface area contributed by atoms with Gasteiger partial charge in [-0.05, 0) is 12.5 Å². The van der Waals surface area contributed by atoms with Crippen LogP contribution in [-0.4, -0.2) is 28.2 Å². The number of rotatable bonds is 7. The fourth-order valence-corrected chi connectivity index (χ4v) is 3.56. The van der Waals surface area contributed by atoms with E-state index in [1.165, 1.54) is 36.4 Å². The van der Waals surface area contributed by atoms with Crippen molar-refractivity contribution in [3.05, 3.63) is 73.8 Å². The normalized spacial score (nSPS) is 15.4. The van der Waals surface area contributed by atoms with Gasteiger partial charge in [-0.15, -0.1) is 0 Å².